The molecule has 1 fully saturated rings. The summed E-state index contributed by atoms with van der Waals surface area (Å²) in [5.41, 5.74) is 7.04. The minimum Gasteiger partial charge on any atom is -0.390 e. The quantitative estimate of drug-likeness (QED) is 0.174. The van der Waals surface area contributed by atoms with Crippen LogP contribution in [-0.2, 0) is 13.2 Å². The fraction of sp³-hybridized carbons (Fsp3) is 0.310. The van der Waals surface area contributed by atoms with Crippen LogP contribution in [0, 0.1) is 12.8 Å². The van der Waals surface area contributed by atoms with E-state index in [1.165, 1.54) is 0 Å². The molecule has 7 nitrogen and oxygen atoms in total. The largest absolute Gasteiger partial charge is 0.390 e. The smallest absolute Gasteiger partial charge is 0.124 e. The van der Waals surface area contributed by atoms with Crippen molar-refractivity contribution in [3.8, 4) is 46.5 Å². The number of benzene rings is 2. The summed E-state index contributed by atoms with van der Waals surface area (Å²) in [6.45, 7) is 4.86. The zero-order valence-electron chi connectivity index (χ0n) is 20.7. The highest BCUT2D eigenvalue weighted by Gasteiger charge is 2.22. The Labute approximate surface area is 212 Å². The molecule has 186 valence electrons. The second kappa shape index (κ2) is 12.3. The maximum atomic E-state index is 9.84. The zero-order chi connectivity index (χ0) is 25.3. The lowest BCUT2D eigenvalue weighted by Gasteiger charge is -2.06. The van der Waals surface area contributed by atoms with Crippen LogP contribution in [0.15, 0.2) is 54.7 Å². The molecule has 0 saturated carbocycles. The summed E-state index contributed by atoms with van der Waals surface area (Å²) in [6.07, 6.45) is 13.2. The van der Waals surface area contributed by atoms with E-state index >= 15 is 0 Å². The third-order valence-electron chi connectivity index (χ3n) is 6.38. The molecule has 0 unspecified atom stereocenters. The molecule has 2 aromatic heterocycles. The molecule has 1 atom stereocenters. The summed E-state index contributed by atoms with van der Waals surface area (Å²) in [6, 6.07) is 17.1. The van der Waals surface area contributed by atoms with E-state index in [-0.39, 0.29) is 12.6 Å². The monoisotopic (exact) mass is 482 g/mol. The summed E-state index contributed by atoms with van der Waals surface area (Å²) >= 11 is 0. The lowest BCUT2D eigenvalue weighted by molar-refractivity contribution is 0.277. The first-order valence-corrected chi connectivity index (χ1v) is 12.5. The first-order valence-electron chi connectivity index (χ1n) is 12.5. The van der Waals surface area contributed by atoms with E-state index in [4.69, 9.17) is 4.98 Å². The summed E-state index contributed by atoms with van der Waals surface area (Å²) < 4.78 is 0. The van der Waals surface area contributed by atoms with Crippen molar-refractivity contribution in [3.05, 3.63) is 72.1 Å². The van der Waals surface area contributed by atoms with Gasteiger partial charge in [0.15, 0.2) is 0 Å². The van der Waals surface area contributed by atoms with Crippen LogP contribution in [0.3, 0.4) is 0 Å². The number of imidazole rings is 2. The molecular formula is C29H34N6O. The van der Waals surface area contributed by atoms with Gasteiger partial charge in [-0.05, 0) is 49.0 Å². The Morgan fingerprint density at radius 2 is 1.64 bits per heavy atom. The third-order valence-corrected chi connectivity index (χ3v) is 6.38. The molecule has 0 radical (unpaired) electrons. The molecule has 0 bridgehead atoms. The Bertz CT molecular complexity index is 1250. The first kappa shape index (κ1) is 25.4. The number of H-pyrrole nitrogens is 2. The molecule has 36 heavy (non-hydrogen) atoms. The number of nitrogens with one attached hydrogen (secondary N) is 4. The van der Waals surface area contributed by atoms with E-state index in [2.05, 4.69) is 93.9 Å². The van der Waals surface area contributed by atoms with Gasteiger partial charge in [0.2, 0.25) is 0 Å². The molecule has 1 aliphatic heterocycles. The van der Waals surface area contributed by atoms with Gasteiger partial charge in [0.1, 0.15) is 11.6 Å². The highest BCUT2D eigenvalue weighted by Crippen LogP contribution is 2.30. The van der Waals surface area contributed by atoms with Crippen molar-refractivity contribution in [2.75, 3.05) is 13.1 Å². The Balaban J connectivity index is 0.00000148. The van der Waals surface area contributed by atoms with E-state index in [1.807, 2.05) is 6.20 Å². The fourth-order valence-electron chi connectivity index (χ4n) is 4.51. The van der Waals surface area contributed by atoms with E-state index in [0.29, 0.717) is 0 Å². The van der Waals surface area contributed by atoms with Crippen molar-refractivity contribution in [1.82, 2.24) is 30.6 Å². The topological polar surface area (TPSA) is 102 Å². The van der Waals surface area contributed by atoms with Crippen LogP contribution >= 0.6 is 0 Å². The van der Waals surface area contributed by atoms with Crippen LogP contribution in [0.5, 0.6) is 0 Å². The highest BCUT2D eigenvalue weighted by molar-refractivity contribution is 5.72. The van der Waals surface area contributed by atoms with Gasteiger partial charge in [0.05, 0.1) is 42.5 Å². The first-order chi connectivity index (χ1) is 17.7. The predicted octanol–water partition coefficient (Wildman–Crippen LogP) is 4.80. The van der Waals surface area contributed by atoms with Crippen LogP contribution in [0.25, 0.3) is 33.6 Å². The number of aromatic nitrogens is 4. The Morgan fingerprint density at radius 3 is 2.25 bits per heavy atom. The molecule has 0 amide bonds. The van der Waals surface area contributed by atoms with Gasteiger partial charge >= 0.3 is 0 Å². The van der Waals surface area contributed by atoms with Crippen molar-refractivity contribution < 1.29 is 5.11 Å². The van der Waals surface area contributed by atoms with Crippen molar-refractivity contribution in [2.45, 2.75) is 45.4 Å². The van der Waals surface area contributed by atoms with Crippen molar-refractivity contribution in [1.29, 1.82) is 0 Å². The summed E-state index contributed by atoms with van der Waals surface area (Å²) in [5.74, 6) is 1.87. The Morgan fingerprint density at radius 1 is 0.972 bits per heavy atom. The normalized spacial score (nSPS) is 14.9. The van der Waals surface area contributed by atoms with Gasteiger partial charge in [-0.1, -0.05) is 55.5 Å². The molecule has 2 aromatic carbocycles. The Kier molecular flexibility index (Phi) is 8.69. The molecule has 1 saturated heterocycles. The summed E-state index contributed by atoms with van der Waals surface area (Å²) in [5, 5.41) is 16.7. The van der Waals surface area contributed by atoms with Gasteiger partial charge in [-0.15, -0.1) is 12.8 Å². The minimum atomic E-state index is -0.0533. The number of nitrogens with zero attached hydrogens (tertiary/aromatic N) is 2. The van der Waals surface area contributed by atoms with Gasteiger partial charge in [-0.3, -0.25) is 0 Å². The van der Waals surface area contributed by atoms with Crippen LogP contribution < -0.4 is 10.6 Å². The highest BCUT2D eigenvalue weighted by atomic mass is 16.3. The lowest BCUT2D eigenvalue weighted by atomic mass is 10.0. The van der Waals surface area contributed by atoms with Crippen LogP contribution in [-0.4, -0.2) is 38.1 Å². The molecule has 0 spiro atoms. The molecule has 1 aliphatic rings. The number of hydrogen-bond donors (Lipinski definition) is 5. The fourth-order valence-corrected chi connectivity index (χ4v) is 4.51. The van der Waals surface area contributed by atoms with Crippen molar-refractivity contribution in [2.24, 2.45) is 0 Å². The van der Waals surface area contributed by atoms with Crippen LogP contribution in [0.1, 0.15) is 49.6 Å². The minimum absolute atomic E-state index is 0.0533. The number of aromatic amines is 2. The predicted molar refractivity (Wildman–Crippen MR) is 145 cm³/mol. The maximum absolute atomic E-state index is 9.84. The molecular weight excluding hydrogens is 448 g/mol. The van der Waals surface area contributed by atoms with Crippen LogP contribution in [0.4, 0.5) is 0 Å². The van der Waals surface area contributed by atoms with E-state index in [0.717, 1.165) is 89.9 Å². The number of aliphatic hydroxyl groups excluding tert-OH is 1. The van der Waals surface area contributed by atoms with Gasteiger partial charge in [-0.2, -0.15) is 0 Å². The van der Waals surface area contributed by atoms with E-state index in [1.54, 1.807) is 0 Å². The van der Waals surface area contributed by atoms with Gasteiger partial charge < -0.3 is 25.7 Å². The van der Waals surface area contributed by atoms with Gasteiger partial charge in [0.25, 0.3) is 0 Å². The average molecular weight is 483 g/mol. The molecule has 7 heteroatoms. The van der Waals surface area contributed by atoms with Crippen LogP contribution in [0.2, 0.25) is 0 Å². The zero-order valence-corrected chi connectivity index (χ0v) is 20.7. The second-order valence-corrected chi connectivity index (χ2v) is 8.83. The Hall–Kier alpha value is -3.70. The number of rotatable bonds is 9. The average Bonchev–Trinajstić information content (AvgIpc) is 3.71. The summed E-state index contributed by atoms with van der Waals surface area (Å²) in [7, 11) is 0. The second-order valence-electron chi connectivity index (χ2n) is 8.83. The third kappa shape index (κ3) is 5.74. The van der Waals surface area contributed by atoms with E-state index < -0.39 is 0 Å². The van der Waals surface area contributed by atoms with E-state index in [9.17, 15) is 5.11 Å². The van der Waals surface area contributed by atoms with Gasteiger partial charge in [-0.25, -0.2) is 9.97 Å². The summed E-state index contributed by atoms with van der Waals surface area (Å²) in [4.78, 5) is 16.0. The number of hydrogen-bond acceptors (Lipinski definition) is 5. The standard InChI is InChI=1S/C27H32N6O.C2H2/c1-2-13-28-16-25-30-15-23(31-25)20-9-5-18(6-10-20)19-7-11-21(12-8-19)26-24(17-34)32-27(33-26)22-4-3-14-29-22;1-2/h5-12,15,22,28-29,34H,2-4,13-14,16-17H2,1H3,(H,30,31)(H,32,33);1-2H/t22-;/m0./s1. The molecule has 5 N–H and O–H groups in total. The molecule has 0 aliphatic carbocycles. The molecule has 3 heterocycles. The molecule has 4 aromatic rings. The molecule has 5 rings (SSSR count). The van der Waals surface area contributed by atoms with Crippen molar-refractivity contribution >= 4 is 0 Å². The van der Waals surface area contributed by atoms with Gasteiger partial charge in [0, 0.05) is 5.56 Å². The van der Waals surface area contributed by atoms with Crippen molar-refractivity contribution in [3.63, 3.8) is 0 Å². The lowest BCUT2D eigenvalue weighted by Crippen LogP contribution is -2.14. The number of terminal acetylenes is 1. The number of aliphatic hydroxyl groups is 1. The maximum Gasteiger partial charge on any atom is 0.124 e. The SMILES string of the molecule is C#C.CCCNCc1ncc(-c2ccc(-c3ccc(-c4nc([C@@H]5CCCN5)[nH]c4CO)cc3)cc2)[nH]1.